The highest BCUT2D eigenvalue weighted by Gasteiger charge is 2.11. The second kappa shape index (κ2) is 5.59. The summed E-state index contributed by atoms with van der Waals surface area (Å²) < 4.78 is 0. The minimum absolute atomic E-state index is 0.0375. The van der Waals surface area contributed by atoms with Gasteiger partial charge in [0.15, 0.2) is 0 Å². The lowest BCUT2D eigenvalue weighted by Gasteiger charge is -2.30. The zero-order chi connectivity index (χ0) is 12.1. The van der Waals surface area contributed by atoms with Gasteiger partial charge in [-0.3, -0.25) is 9.80 Å². The Labute approximate surface area is 102 Å². The van der Waals surface area contributed by atoms with Crippen molar-refractivity contribution in [2.45, 2.75) is 0 Å². The van der Waals surface area contributed by atoms with Crippen molar-refractivity contribution < 1.29 is 4.79 Å². The second-order valence-corrected chi connectivity index (χ2v) is 4.23. The van der Waals surface area contributed by atoms with Crippen molar-refractivity contribution in [3.63, 3.8) is 0 Å². The summed E-state index contributed by atoms with van der Waals surface area (Å²) in [6.07, 6.45) is 1.42. The van der Waals surface area contributed by atoms with Crippen molar-refractivity contribution in [2.24, 2.45) is 5.10 Å². The SMILES string of the molecule is CN1CCN(N=CC(=O)c2ccccc2)CC1. The molecular weight excluding hydrogens is 214 g/mol. The fraction of sp³-hybridized carbons (Fsp3) is 0.385. The summed E-state index contributed by atoms with van der Waals surface area (Å²) in [6, 6.07) is 9.22. The quantitative estimate of drug-likeness (QED) is 0.577. The summed E-state index contributed by atoms with van der Waals surface area (Å²) in [4.78, 5) is 14.0. The molecule has 0 spiro atoms. The van der Waals surface area contributed by atoms with Crippen molar-refractivity contribution in [2.75, 3.05) is 33.2 Å². The molecule has 0 aromatic heterocycles. The fourth-order valence-corrected chi connectivity index (χ4v) is 1.72. The fourth-order valence-electron chi connectivity index (χ4n) is 1.72. The zero-order valence-electron chi connectivity index (χ0n) is 10.0. The number of benzene rings is 1. The van der Waals surface area contributed by atoms with E-state index in [9.17, 15) is 4.79 Å². The lowest BCUT2D eigenvalue weighted by atomic mass is 10.1. The van der Waals surface area contributed by atoms with Gasteiger partial charge in [0.25, 0.3) is 0 Å². The second-order valence-electron chi connectivity index (χ2n) is 4.23. The molecule has 1 fully saturated rings. The molecule has 1 aliphatic rings. The lowest BCUT2D eigenvalue weighted by Crippen LogP contribution is -2.41. The molecule has 17 heavy (non-hydrogen) atoms. The summed E-state index contributed by atoms with van der Waals surface area (Å²) in [6.45, 7) is 3.76. The van der Waals surface area contributed by atoms with Crippen LogP contribution in [-0.4, -0.2) is 55.1 Å². The Hall–Kier alpha value is -1.68. The molecule has 4 nitrogen and oxygen atoms in total. The number of hydrogen-bond donors (Lipinski definition) is 0. The van der Waals surface area contributed by atoms with Crippen LogP contribution in [0, 0.1) is 0 Å². The number of likely N-dealkylation sites (N-methyl/N-ethyl adjacent to an activating group) is 1. The van der Waals surface area contributed by atoms with E-state index in [-0.39, 0.29) is 5.78 Å². The van der Waals surface area contributed by atoms with Gasteiger partial charge >= 0.3 is 0 Å². The largest absolute Gasteiger partial charge is 0.303 e. The van der Waals surface area contributed by atoms with E-state index >= 15 is 0 Å². The van der Waals surface area contributed by atoms with E-state index in [4.69, 9.17) is 0 Å². The first-order chi connectivity index (χ1) is 8.25. The van der Waals surface area contributed by atoms with Gasteiger partial charge < -0.3 is 4.90 Å². The van der Waals surface area contributed by atoms with E-state index in [1.807, 2.05) is 23.2 Å². The maximum atomic E-state index is 11.8. The molecular formula is C13H17N3O. The number of piperazine rings is 1. The van der Waals surface area contributed by atoms with E-state index in [1.54, 1.807) is 12.1 Å². The summed E-state index contributed by atoms with van der Waals surface area (Å²) in [5.41, 5.74) is 0.686. The van der Waals surface area contributed by atoms with Gasteiger partial charge in [0.2, 0.25) is 5.78 Å². The van der Waals surface area contributed by atoms with Crippen LogP contribution in [0.25, 0.3) is 0 Å². The van der Waals surface area contributed by atoms with Crippen LogP contribution in [0.2, 0.25) is 0 Å². The number of ketones is 1. The van der Waals surface area contributed by atoms with Crippen LogP contribution >= 0.6 is 0 Å². The smallest absolute Gasteiger partial charge is 0.205 e. The molecule has 0 bridgehead atoms. The molecule has 0 atom stereocenters. The molecule has 1 aromatic carbocycles. The van der Waals surface area contributed by atoms with Gasteiger partial charge in [0, 0.05) is 31.7 Å². The summed E-state index contributed by atoms with van der Waals surface area (Å²) >= 11 is 0. The molecule has 0 N–H and O–H groups in total. The number of hydrazone groups is 1. The van der Waals surface area contributed by atoms with Gasteiger partial charge in [-0.15, -0.1) is 0 Å². The van der Waals surface area contributed by atoms with Crippen LogP contribution in [-0.2, 0) is 0 Å². The third-order valence-corrected chi connectivity index (χ3v) is 2.88. The van der Waals surface area contributed by atoms with Gasteiger partial charge in [-0.1, -0.05) is 30.3 Å². The maximum absolute atomic E-state index is 11.8. The molecule has 2 rings (SSSR count). The van der Waals surface area contributed by atoms with Crippen LogP contribution < -0.4 is 0 Å². The molecule has 0 amide bonds. The molecule has 1 saturated heterocycles. The van der Waals surface area contributed by atoms with Crippen LogP contribution in [0.3, 0.4) is 0 Å². The average Bonchev–Trinajstić information content (AvgIpc) is 2.39. The standard InChI is InChI=1S/C13H17N3O/c1-15-7-9-16(10-8-15)14-11-13(17)12-5-3-2-4-6-12/h2-6,11H,7-10H2,1H3. The van der Waals surface area contributed by atoms with Gasteiger partial charge in [0.1, 0.15) is 0 Å². The Bertz CT molecular complexity index is 394. The van der Waals surface area contributed by atoms with E-state index in [0.717, 1.165) is 26.2 Å². The van der Waals surface area contributed by atoms with Gasteiger partial charge in [-0.2, -0.15) is 5.10 Å². The topological polar surface area (TPSA) is 35.9 Å². The first-order valence-electron chi connectivity index (χ1n) is 5.82. The number of rotatable bonds is 3. The Kier molecular flexibility index (Phi) is 3.88. The highest BCUT2D eigenvalue weighted by molar-refractivity contribution is 6.35. The van der Waals surface area contributed by atoms with Crippen molar-refractivity contribution in [1.29, 1.82) is 0 Å². The van der Waals surface area contributed by atoms with Crippen LogP contribution in [0.15, 0.2) is 35.4 Å². The van der Waals surface area contributed by atoms with E-state index in [0.29, 0.717) is 5.56 Å². The van der Waals surface area contributed by atoms with Gasteiger partial charge in [0.05, 0.1) is 6.21 Å². The van der Waals surface area contributed by atoms with Crippen molar-refractivity contribution in [3.8, 4) is 0 Å². The maximum Gasteiger partial charge on any atom is 0.205 e. The van der Waals surface area contributed by atoms with Gasteiger partial charge in [-0.05, 0) is 7.05 Å². The molecule has 1 aliphatic heterocycles. The van der Waals surface area contributed by atoms with Crippen LogP contribution in [0.5, 0.6) is 0 Å². The van der Waals surface area contributed by atoms with E-state index < -0.39 is 0 Å². The predicted molar refractivity (Wildman–Crippen MR) is 68.3 cm³/mol. The summed E-state index contributed by atoms with van der Waals surface area (Å²) in [7, 11) is 2.09. The van der Waals surface area contributed by atoms with Crippen molar-refractivity contribution in [1.82, 2.24) is 9.91 Å². The Balaban J connectivity index is 1.90. The monoisotopic (exact) mass is 231 g/mol. The first-order valence-corrected chi connectivity index (χ1v) is 5.82. The number of hydrogen-bond acceptors (Lipinski definition) is 4. The number of carbonyl (C=O) groups is 1. The number of carbonyl (C=O) groups excluding carboxylic acids is 1. The summed E-state index contributed by atoms with van der Waals surface area (Å²) in [5, 5.41) is 6.17. The molecule has 0 unspecified atom stereocenters. The Morgan fingerprint density at radius 1 is 1.18 bits per heavy atom. The average molecular weight is 231 g/mol. The van der Waals surface area contributed by atoms with Crippen LogP contribution in [0.1, 0.15) is 10.4 Å². The first kappa shape index (κ1) is 11.8. The highest BCUT2D eigenvalue weighted by atomic mass is 16.1. The van der Waals surface area contributed by atoms with E-state index in [2.05, 4.69) is 17.0 Å². The lowest BCUT2D eigenvalue weighted by molar-refractivity contribution is 0.106. The van der Waals surface area contributed by atoms with Gasteiger partial charge in [-0.25, -0.2) is 0 Å². The van der Waals surface area contributed by atoms with Crippen molar-refractivity contribution in [3.05, 3.63) is 35.9 Å². The number of nitrogens with zero attached hydrogens (tertiary/aromatic N) is 3. The predicted octanol–water partition coefficient (Wildman–Crippen LogP) is 1.10. The molecule has 1 heterocycles. The highest BCUT2D eigenvalue weighted by Crippen LogP contribution is 2.01. The number of Topliss-reactive ketones (excluding diaryl/α,β-unsaturated/α-hetero) is 1. The summed E-state index contributed by atoms with van der Waals surface area (Å²) in [5.74, 6) is -0.0375. The third kappa shape index (κ3) is 3.39. The molecule has 90 valence electrons. The molecule has 0 aliphatic carbocycles. The Morgan fingerprint density at radius 2 is 1.82 bits per heavy atom. The minimum atomic E-state index is -0.0375. The van der Waals surface area contributed by atoms with Crippen molar-refractivity contribution >= 4 is 12.0 Å². The third-order valence-electron chi connectivity index (χ3n) is 2.88. The normalized spacial score (nSPS) is 17.6. The molecule has 1 aromatic rings. The van der Waals surface area contributed by atoms with E-state index in [1.165, 1.54) is 6.21 Å². The molecule has 0 saturated carbocycles. The molecule has 4 heteroatoms. The van der Waals surface area contributed by atoms with Crippen LogP contribution in [0.4, 0.5) is 0 Å². The minimum Gasteiger partial charge on any atom is -0.303 e. The molecule has 0 radical (unpaired) electrons. The zero-order valence-corrected chi connectivity index (χ0v) is 10.0. The Morgan fingerprint density at radius 3 is 2.47 bits per heavy atom.